The van der Waals surface area contributed by atoms with Gasteiger partial charge in [-0.2, -0.15) is 5.10 Å². The van der Waals surface area contributed by atoms with Crippen molar-refractivity contribution in [2.75, 3.05) is 0 Å². The lowest BCUT2D eigenvalue weighted by Gasteiger charge is -2.18. The van der Waals surface area contributed by atoms with Gasteiger partial charge in [0.2, 0.25) is 10.0 Å². The van der Waals surface area contributed by atoms with Crippen LogP contribution in [-0.2, 0) is 23.0 Å². The van der Waals surface area contributed by atoms with Crippen molar-refractivity contribution < 1.29 is 13.5 Å². The maximum Gasteiger partial charge on any atom is 0.244 e. The van der Waals surface area contributed by atoms with Gasteiger partial charge in [0, 0.05) is 13.0 Å². The van der Waals surface area contributed by atoms with Crippen LogP contribution in [0.25, 0.3) is 0 Å². The zero-order valence-electron chi connectivity index (χ0n) is 13.4. The van der Waals surface area contributed by atoms with E-state index in [0.717, 1.165) is 11.1 Å². The zero-order chi connectivity index (χ0) is 16.8. The van der Waals surface area contributed by atoms with Crippen molar-refractivity contribution >= 4 is 10.0 Å². The van der Waals surface area contributed by atoms with E-state index in [0.29, 0.717) is 24.4 Å². The quantitative estimate of drug-likeness (QED) is 0.886. The van der Waals surface area contributed by atoms with E-state index in [1.54, 1.807) is 18.5 Å². The van der Waals surface area contributed by atoms with Crippen LogP contribution in [0.1, 0.15) is 35.5 Å². The molecule has 1 heterocycles. The lowest BCUT2D eigenvalue weighted by molar-refractivity contribution is 0.151. The first-order chi connectivity index (χ1) is 10.8. The van der Waals surface area contributed by atoms with Gasteiger partial charge in [-0.15, -0.1) is 0 Å². The molecule has 1 aromatic heterocycles. The standard InChI is InChI=1S/C16H21N3O3S/c1-4-19-11(3)16(10(2)17-19)23(21,22)18-15-13-8-6-5-7-12(13)9-14(15)20/h5-8,14-15,18,20H,4,9H2,1-3H3/t14-,15-/m0/s1. The van der Waals surface area contributed by atoms with Crippen LogP contribution in [0.15, 0.2) is 29.2 Å². The van der Waals surface area contributed by atoms with Crippen molar-refractivity contribution in [1.29, 1.82) is 0 Å². The normalized spacial score (nSPS) is 20.7. The Morgan fingerprint density at radius 2 is 2.04 bits per heavy atom. The van der Waals surface area contributed by atoms with E-state index in [9.17, 15) is 13.5 Å². The molecule has 2 N–H and O–H groups in total. The molecule has 0 aliphatic heterocycles. The van der Waals surface area contributed by atoms with Crippen LogP contribution in [0.2, 0.25) is 0 Å². The number of fused-ring (bicyclic) bond motifs is 1. The molecule has 0 spiro atoms. The molecular formula is C16H21N3O3S. The molecule has 2 atom stereocenters. The number of hydrogen-bond donors (Lipinski definition) is 2. The van der Waals surface area contributed by atoms with Gasteiger partial charge in [0.25, 0.3) is 0 Å². The van der Waals surface area contributed by atoms with Crippen LogP contribution in [0.3, 0.4) is 0 Å². The molecular weight excluding hydrogens is 314 g/mol. The maximum absolute atomic E-state index is 12.8. The fraction of sp³-hybridized carbons (Fsp3) is 0.438. The highest BCUT2D eigenvalue weighted by Crippen LogP contribution is 2.33. The van der Waals surface area contributed by atoms with E-state index < -0.39 is 22.2 Å². The first-order valence-electron chi connectivity index (χ1n) is 7.67. The van der Waals surface area contributed by atoms with Crippen molar-refractivity contribution in [3.05, 3.63) is 46.8 Å². The van der Waals surface area contributed by atoms with Gasteiger partial charge in [0.15, 0.2) is 0 Å². The Labute approximate surface area is 136 Å². The third kappa shape index (κ3) is 2.69. The number of nitrogens with one attached hydrogen (secondary N) is 1. The Kier molecular flexibility index (Phi) is 4.03. The fourth-order valence-corrected chi connectivity index (χ4v) is 4.98. The van der Waals surface area contributed by atoms with Crippen LogP contribution in [0, 0.1) is 13.8 Å². The highest BCUT2D eigenvalue weighted by atomic mass is 32.2. The second-order valence-corrected chi connectivity index (χ2v) is 7.54. The van der Waals surface area contributed by atoms with Gasteiger partial charge in [0.05, 0.1) is 23.5 Å². The summed E-state index contributed by atoms with van der Waals surface area (Å²) < 4.78 is 30.0. The van der Waals surface area contributed by atoms with Gasteiger partial charge >= 0.3 is 0 Å². The Morgan fingerprint density at radius 3 is 2.70 bits per heavy atom. The average molecular weight is 335 g/mol. The lowest BCUT2D eigenvalue weighted by atomic mass is 10.1. The molecule has 0 saturated heterocycles. The summed E-state index contributed by atoms with van der Waals surface area (Å²) in [6.07, 6.45) is -0.306. The molecule has 0 fully saturated rings. The van der Waals surface area contributed by atoms with Crippen molar-refractivity contribution in [3.63, 3.8) is 0 Å². The average Bonchev–Trinajstić information content (AvgIpc) is 2.96. The summed E-state index contributed by atoms with van der Waals surface area (Å²) in [6, 6.07) is 6.89. The third-order valence-corrected chi connectivity index (χ3v) is 6.06. The first-order valence-corrected chi connectivity index (χ1v) is 9.15. The summed E-state index contributed by atoms with van der Waals surface area (Å²) >= 11 is 0. The second-order valence-electron chi connectivity index (χ2n) is 5.88. The van der Waals surface area contributed by atoms with Crippen molar-refractivity contribution in [2.24, 2.45) is 0 Å². The number of sulfonamides is 1. The number of aliphatic hydroxyl groups excluding tert-OH is 1. The Morgan fingerprint density at radius 1 is 1.35 bits per heavy atom. The van der Waals surface area contributed by atoms with E-state index in [4.69, 9.17) is 0 Å². The number of rotatable bonds is 4. The Bertz CT molecular complexity index is 842. The van der Waals surface area contributed by atoms with Crippen molar-refractivity contribution in [3.8, 4) is 0 Å². The molecule has 1 aliphatic rings. The van der Waals surface area contributed by atoms with E-state index >= 15 is 0 Å². The molecule has 23 heavy (non-hydrogen) atoms. The number of benzene rings is 1. The zero-order valence-corrected chi connectivity index (χ0v) is 14.3. The van der Waals surface area contributed by atoms with Gasteiger partial charge in [-0.1, -0.05) is 24.3 Å². The third-order valence-electron chi connectivity index (χ3n) is 4.37. The summed E-state index contributed by atoms with van der Waals surface area (Å²) in [7, 11) is -3.76. The van der Waals surface area contributed by atoms with Crippen LogP contribution in [0.5, 0.6) is 0 Å². The molecule has 7 heteroatoms. The maximum atomic E-state index is 12.8. The van der Waals surface area contributed by atoms with Crippen LogP contribution in [-0.4, -0.2) is 29.4 Å². The minimum absolute atomic E-state index is 0.205. The highest BCUT2D eigenvalue weighted by Gasteiger charge is 2.36. The minimum Gasteiger partial charge on any atom is -0.391 e. The van der Waals surface area contributed by atoms with Crippen LogP contribution < -0.4 is 4.72 Å². The molecule has 1 aliphatic carbocycles. The summed E-state index contributed by atoms with van der Waals surface area (Å²) in [6.45, 7) is 5.96. The van der Waals surface area contributed by atoms with Crippen LogP contribution >= 0.6 is 0 Å². The van der Waals surface area contributed by atoms with Gasteiger partial charge in [0.1, 0.15) is 4.90 Å². The molecule has 124 valence electrons. The molecule has 3 rings (SSSR count). The largest absolute Gasteiger partial charge is 0.391 e. The smallest absolute Gasteiger partial charge is 0.244 e. The van der Waals surface area contributed by atoms with Gasteiger partial charge in [-0.25, -0.2) is 13.1 Å². The predicted octanol–water partition coefficient (Wildman–Crippen LogP) is 1.46. The van der Waals surface area contributed by atoms with Crippen molar-refractivity contribution in [1.82, 2.24) is 14.5 Å². The minimum atomic E-state index is -3.76. The predicted molar refractivity (Wildman–Crippen MR) is 86.6 cm³/mol. The SMILES string of the molecule is CCn1nc(C)c(S(=O)(=O)N[C@H]2c3ccccc3C[C@@H]2O)c1C. The van der Waals surface area contributed by atoms with Gasteiger partial charge in [-0.05, 0) is 31.9 Å². The monoisotopic (exact) mass is 335 g/mol. The van der Waals surface area contributed by atoms with Gasteiger partial charge < -0.3 is 5.11 Å². The fourth-order valence-electron chi connectivity index (χ4n) is 3.32. The second kappa shape index (κ2) is 5.74. The molecule has 2 aromatic rings. The molecule has 0 amide bonds. The molecule has 0 bridgehead atoms. The van der Waals surface area contributed by atoms with Gasteiger partial charge in [-0.3, -0.25) is 4.68 Å². The summed E-state index contributed by atoms with van der Waals surface area (Å²) in [5.41, 5.74) is 2.89. The van der Waals surface area contributed by atoms with E-state index in [-0.39, 0.29) is 4.90 Å². The highest BCUT2D eigenvalue weighted by molar-refractivity contribution is 7.89. The summed E-state index contributed by atoms with van der Waals surface area (Å²) in [4.78, 5) is 0.205. The molecule has 6 nitrogen and oxygen atoms in total. The van der Waals surface area contributed by atoms with E-state index in [2.05, 4.69) is 9.82 Å². The first kappa shape index (κ1) is 16.2. The van der Waals surface area contributed by atoms with Crippen molar-refractivity contribution in [2.45, 2.75) is 50.8 Å². The number of hydrogen-bond acceptors (Lipinski definition) is 4. The number of nitrogens with zero attached hydrogens (tertiary/aromatic N) is 2. The Balaban J connectivity index is 1.98. The summed E-state index contributed by atoms with van der Waals surface area (Å²) in [5.74, 6) is 0. The number of aromatic nitrogens is 2. The van der Waals surface area contributed by atoms with Crippen LogP contribution in [0.4, 0.5) is 0 Å². The van der Waals surface area contributed by atoms with E-state index in [1.165, 1.54) is 0 Å². The summed E-state index contributed by atoms with van der Waals surface area (Å²) in [5, 5.41) is 14.5. The number of aliphatic hydroxyl groups is 1. The number of aryl methyl sites for hydroxylation is 2. The topological polar surface area (TPSA) is 84.2 Å². The molecule has 0 radical (unpaired) electrons. The molecule has 1 aromatic carbocycles. The molecule has 0 unspecified atom stereocenters. The lowest BCUT2D eigenvalue weighted by Crippen LogP contribution is -2.34. The Hall–Kier alpha value is -1.70. The van der Waals surface area contributed by atoms with E-state index in [1.807, 2.05) is 31.2 Å². The molecule has 0 saturated carbocycles.